The van der Waals surface area contributed by atoms with Gasteiger partial charge in [0.15, 0.2) is 0 Å². The van der Waals surface area contributed by atoms with Crippen molar-refractivity contribution in [3.05, 3.63) is 29.8 Å². The summed E-state index contributed by atoms with van der Waals surface area (Å²) in [4.78, 5) is 11.1. The van der Waals surface area contributed by atoms with Gasteiger partial charge < -0.3 is 5.32 Å². The topological polar surface area (TPSA) is 66.5 Å². The van der Waals surface area contributed by atoms with E-state index in [2.05, 4.69) is 5.32 Å². The van der Waals surface area contributed by atoms with Crippen LogP contribution in [0.4, 0.5) is 13.2 Å². The summed E-state index contributed by atoms with van der Waals surface area (Å²) in [6.07, 6.45) is -2.92. The molecule has 1 aromatic carbocycles. The molecular formula is C13H15F3N2O3S. The fourth-order valence-corrected chi connectivity index (χ4v) is 2.97. The quantitative estimate of drug-likeness (QED) is 0.888. The van der Waals surface area contributed by atoms with Gasteiger partial charge in [0.2, 0.25) is 15.9 Å². The summed E-state index contributed by atoms with van der Waals surface area (Å²) in [7, 11) is -3.00. The summed E-state index contributed by atoms with van der Waals surface area (Å²) in [5, 5.41) is 2.62. The van der Waals surface area contributed by atoms with Crippen molar-refractivity contribution in [2.45, 2.75) is 30.0 Å². The second kappa shape index (κ2) is 5.88. The van der Waals surface area contributed by atoms with Crippen molar-refractivity contribution >= 4 is 15.9 Å². The van der Waals surface area contributed by atoms with Crippen molar-refractivity contribution in [3.8, 4) is 0 Å². The summed E-state index contributed by atoms with van der Waals surface area (Å²) >= 11 is 0. The zero-order valence-electron chi connectivity index (χ0n) is 11.7. The number of amides is 1. The Hall–Kier alpha value is -1.61. The van der Waals surface area contributed by atoms with E-state index in [0.29, 0.717) is 6.07 Å². The van der Waals surface area contributed by atoms with Crippen LogP contribution in [-0.4, -0.2) is 38.3 Å². The number of halogens is 3. The van der Waals surface area contributed by atoms with Crippen molar-refractivity contribution in [3.63, 3.8) is 0 Å². The Kier molecular flexibility index (Phi) is 4.48. The lowest BCUT2D eigenvalue weighted by Crippen LogP contribution is -2.39. The average Bonchev–Trinajstić information content (AvgIpc) is 3.21. The number of hydrogen-bond acceptors (Lipinski definition) is 3. The van der Waals surface area contributed by atoms with E-state index >= 15 is 0 Å². The standard InChI is InChI=1S/C13H15F3N2O3S/c1-18(8-12(19)17-10-5-6-10)22(20,21)11-4-2-3-9(7-11)13(14,15)16/h2-4,7,10H,5-6,8H2,1H3,(H,17,19). The first-order chi connectivity index (χ1) is 10.1. The van der Waals surface area contributed by atoms with Crippen LogP contribution in [0.2, 0.25) is 0 Å². The van der Waals surface area contributed by atoms with Crippen LogP contribution in [0.15, 0.2) is 29.2 Å². The van der Waals surface area contributed by atoms with Crippen molar-refractivity contribution in [1.82, 2.24) is 9.62 Å². The molecule has 0 spiro atoms. The van der Waals surface area contributed by atoms with Gasteiger partial charge in [0.05, 0.1) is 17.0 Å². The summed E-state index contributed by atoms with van der Waals surface area (Å²) in [6, 6.07) is 3.52. The Morgan fingerprint density at radius 2 is 2.00 bits per heavy atom. The molecule has 2 rings (SSSR count). The fraction of sp³-hybridized carbons (Fsp3) is 0.462. The third-order valence-corrected chi connectivity index (χ3v) is 4.98. The molecule has 5 nitrogen and oxygen atoms in total. The van der Waals surface area contributed by atoms with Crippen LogP contribution in [0.1, 0.15) is 18.4 Å². The number of nitrogens with one attached hydrogen (secondary N) is 1. The molecule has 0 unspecified atom stereocenters. The zero-order chi connectivity index (χ0) is 16.5. The Bertz CT molecular complexity index is 669. The molecule has 1 N–H and O–H groups in total. The van der Waals surface area contributed by atoms with Crippen LogP contribution in [0.5, 0.6) is 0 Å². The third-order valence-electron chi connectivity index (χ3n) is 3.18. The number of carbonyl (C=O) groups is 1. The van der Waals surface area contributed by atoms with Crippen molar-refractivity contribution in [2.24, 2.45) is 0 Å². The van der Waals surface area contributed by atoms with Crippen LogP contribution in [0.3, 0.4) is 0 Å². The molecule has 0 heterocycles. The molecule has 1 aliphatic carbocycles. The first kappa shape index (κ1) is 16.8. The highest BCUT2D eigenvalue weighted by Crippen LogP contribution is 2.31. The largest absolute Gasteiger partial charge is 0.416 e. The van der Waals surface area contributed by atoms with Crippen LogP contribution >= 0.6 is 0 Å². The first-order valence-corrected chi connectivity index (χ1v) is 7.97. The second-order valence-corrected chi connectivity index (χ2v) is 7.17. The third kappa shape index (κ3) is 3.98. The minimum atomic E-state index is -4.63. The first-order valence-electron chi connectivity index (χ1n) is 6.53. The van der Waals surface area contributed by atoms with Crippen molar-refractivity contribution < 1.29 is 26.4 Å². The Balaban J connectivity index is 2.16. The number of benzene rings is 1. The second-order valence-electron chi connectivity index (χ2n) is 5.13. The maximum atomic E-state index is 12.6. The SMILES string of the molecule is CN(CC(=O)NC1CC1)S(=O)(=O)c1cccc(C(F)(F)F)c1. The van der Waals surface area contributed by atoms with Gasteiger partial charge in [-0.2, -0.15) is 17.5 Å². The summed E-state index contributed by atoms with van der Waals surface area (Å²) in [6.45, 7) is -0.435. The predicted molar refractivity (Wildman–Crippen MR) is 72.4 cm³/mol. The van der Waals surface area contributed by atoms with Gasteiger partial charge in [0.25, 0.3) is 0 Å². The number of rotatable bonds is 5. The van der Waals surface area contributed by atoms with E-state index < -0.39 is 39.1 Å². The monoisotopic (exact) mass is 336 g/mol. The number of sulfonamides is 1. The maximum absolute atomic E-state index is 12.6. The van der Waals surface area contributed by atoms with Crippen LogP contribution in [-0.2, 0) is 21.0 Å². The summed E-state index contributed by atoms with van der Waals surface area (Å²) in [5.41, 5.74) is -1.05. The highest BCUT2D eigenvalue weighted by Gasteiger charge is 2.33. The molecule has 0 aromatic heterocycles. The van der Waals surface area contributed by atoms with Crippen LogP contribution < -0.4 is 5.32 Å². The molecule has 1 aliphatic rings. The van der Waals surface area contributed by atoms with Gasteiger partial charge in [0, 0.05) is 13.1 Å². The van der Waals surface area contributed by atoms with Crippen molar-refractivity contribution in [1.29, 1.82) is 0 Å². The molecule has 122 valence electrons. The van der Waals surface area contributed by atoms with Gasteiger partial charge >= 0.3 is 6.18 Å². The zero-order valence-corrected chi connectivity index (χ0v) is 12.5. The summed E-state index contributed by atoms with van der Waals surface area (Å²) < 4.78 is 63.1. The lowest BCUT2D eigenvalue weighted by atomic mass is 10.2. The average molecular weight is 336 g/mol. The minimum absolute atomic E-state index is 0.0807. The van der Waals surface area contributed by atoms with E-state index in [9.17, 15) is 26.4 Å². The molecule has 1 saturated carbocycles. The van der Waals surface area contributed by atoms with E-state index in [1.54, 1.807) is 0 Å². The van der Waals surface area contributed by atoms with Crippen molar-refractivity contribution in [2.75, 3.05) is 13.6 Å². The Morgan fingerprint density at radius 3 is 2.55 bits per heavy atom. The fourth-order valence-electron chi connectivity index (χ4n) is 1.80. The molecule has 0 radical (unpaired) electrons. The minimum Gasteiger partial charge on any atom is -0.352 e. The van der Waals surface area contributed by atoms with Gasteiger partial charge in [0.1, 0.15) is 0 Å². The highest BCUT2D eigenvalue weighted by atomic mass is 32.2. The van der Waals surface area contributed by atoms with E-state index in [1.165, 1.54) is 0 Å². The predicted octanol–water partition coefficient (Wildman–Crippen LogP) is 1.60. The number of nitrogens with zero attached hydrogens (tertiary/aromatic N) is 1. The molecule has 0 aliphatic heterocycles. The van der Waals surface area contributed by atoms with E-state index in [-0.39, 0.29) is 6.04 Å². The molecule has 0 bridgehead atoms. The van der Waals surface area contributed by atoms with Crippen LogP contribution in [0, 0.1) is 0 Å². The number of hydrogen-bond donors (Lipinski definition) is 1. The van der Waals surface area contributed by atoms with Gasteiger partial charge in [-0.05, 0) is 31.0 Å². The Labute approximate surface area is 126 Å². The number of alkyl halides is 3. The Morgan fingerprint density at radius 1 is 1.36 bits per heavy atom. The lowest BCUT2D eigenvalue weighted by Gasteiger charge is -2.17. The van der Waals surface area contributed by atoms with E-state index in [1.807, 2.05) is 0 Å². The smallest absolute Gasteiger partial charge is 0.352 e. The van der Waals surface area contributed by atoms with E-state index in [4.69, 9.17) is 0 Å². The van der Waals surface area contributed by atoms with Gasteiger partial charge in [-0.3, -0.25) is 4.79 Å². The maximum Gasteiger partial charge on any atom is 0.416 e. The van der Waals surface area contributed by atoms with Gasteiger partial charge in [-0.15, -0.1) is 0 Å². The van der Waals surface area contributed by atoms with Gasteiger partial charge in [-0.25, -0.2) is 8.42 Å². The van der Waals surface area contributed by atoms with Gasteiger partial charge in [-0.1, -0.05) is 6.07 Å². The molecular weight excluding hydrogens is 321 g/mol. The molecule has 22 heavy (non-hydrogen) atoms. The molecule has 9 heteroatoms. The number of carbonyl (C=O) groups excluding carboxylic acids is 1. The number of likely N-dealkylation sites (N-methyl/N-ethyl adjacent to an activating group) is 1. The molecule has 1 amide bonds. The molecule has 1 aromatic rings. The normalized spacial score (nSPS) is 15.9. The molecule has 0 atom stereocenters. The molecule has 0 saturated heterocycles. The van der Waals surface area contributed by atoms with E-state index in [0.717, 1.165) is 42.4 Å². The van der Waals surface area contributed by atoms with Crippen LogP contribution in [0.25, 0.3) is 0 Å². The summed E-state index contributed by atoms with van der Waals surface area (Å²) in [5.74, 6) is -0.472. The molecule has 1 fully saturated rings. The highest BCUT2D eigenvalue weighted by molar-refractivity contribution is 7.89. The lowest BCUT2D eigenvalue weighted by molar-refractivity contribution is -0.137.